The zero-order valence-corrected chi connectivity index (χ0v) is 16.9. The van der Waals surface area contributed by atoms with E-state index >= 15 is 0 Å². The zero-order chi connectivity index (χ0) is 19.0. The van der Waals surface area contributed by atoms with E-state index in [-0.39, 0.29) is 10.8 Å². The number of fused-ring (bicyclic) bond motifs is 1. The number of anilines is 1. The van der Waals surface area contributed by atoms with E-state index in [1.54, 1.807) is 30.3 Å². The van der Waals surface area contributed by atoms with Crippen LogP contribution in [0.2, 0.25) is 0 Å². The summed E-state index contributed by atoms with van der Waals surface area (Å²) in [4.78, 5) is 18.9. The van der Waals surface area contributed by atoms with Crippen molar-refractivity contribution in [3.63, 3.8) is 0 Å². The van der Waals surface area contributed by atoms with Crippen LogP contribution < -0.4 is 5.32 Å². The number of thiazole rings is 1. The first kappa shape index (κ1) is 18.6. The summed E-state index contributed by atoms with van der Waals surface area (Å²) in [6.45, 7) is 2.59. The zero-order valence-electron chi connectivity index (χ0n) is 15.2. The molecule has 1 fully saturated rings. The minimum Gasteiger partial charge on any atom is -0.301 e. The number of carbonyl (C=O) groups excluding carboxylic acids is 1. The van der Waals surface area contributed by atoms with E-state index in [1.807, 2.05) is 0 Å². The summed E-state index contributed by atoms with van der Waals surface area (Å²) >= 11 is 1.52. The molecule has 0 spiro atoms. The quantitative estimate of drug-likeness (QED) is 0.848. The number of aryl methyl sites for hydroxylation is 1. The number of rotatable bonds is 4. The number of nitrogens with one attached hydrogen (secondary N) is 1. The molecule has 6 nitrogen and oxygen atoms in total. The Kier molecular flexibility index (Phi) is 5.05. The van der Waals surface area contributed by atoms with Crippen molar-refractivity contribution in [1.29, 1.82) is 0 Å². The van der Waals surface area contributed by atoms with E-state index in [0.29, 0.717) is 30.4 Å². The number of amides is 1. The third kappa shape index (κ3) is 3.66. The van der Waals surface area contributed by atoms with Gasteiger partial charge < -0.3 is 5.32 Å². The van der Waals surface area contributed by atoms with Crippen LogP contribution in [0.15, 0.2) is 35.2 Å². The van der Waals surface area contributed by atoms with Gasteiger partial charge in [-0.2, -0.15) is 4.31 Å². The number of nitrogens with zero attached hydrogens (tertiary/aromatic N) is 2. The third-order valence-electron chi connectivity index (χ3n) is 5.27. The first-order valence-corrected chi connectivity index (χ1v) is 11.6. The van der Waals surface area contributed by atoms with Crippen molar-refractivity contribution in [3.8, 4) is 0 Å². The molecular weight excluding hydrogens is 382 g/mol. The van der Waals surface area contributed by atoms with Crippen molar-refractivity contribution in [2.24, 2.45) is 5.92 Å². The molecule has 8 heteroatoms. The fourth-order valence-corrected chi connectivity index (χ4v) is 6.65. The monoisotopic (exact) mass is 405 g/mol. The largest absolute Gasteiger partial charge is 0.301 e. The van der Waals surface area contributed by atoms with Gasteiger partial charge in [-0.15, -0.1) is 11.3 Å². The Balaban J connectivity index is 1.52. The Hall–Kier alpha value is -1.77. The molecular formula is C19H23N3O3S2. The lowest BCUT2D eigenvalue weighted by molar-refractivity contribution is -0.119. The molecule has 0 bridgehead atoms. The van der Waals surface area contributed by atoms with Gasteiger partial charge in [0.25, 0.3) is 0 Å². The number of hydrogen-bond acceptors (Lipinski definition) is 5. The van der Waals surface area contributed by atoms with E-state index in [1.165, 1.54) is 20.5 Å². The average Bonchev–Trinajstić information content (AvgIpc) is 3.29. The van der Waals surface area contributed by atoms with Crippen molar-refractivity contribution in [3.05, 3.63) is 40.9 Å². The van der Waals surface area contributed by atoms with Gasteiger partial charge in [-0.05, 0) is 50.2 Å². The Morgan fingerprint density at radius 1 is 1.26 bits per heavy atom. The Bertz CT molecular complexity index is 940. The van der Waals surface area contributed by atoms with Crippen LogP contribution in [0.25, 0.3) is 0 Å². The van der Waals surface area contributed by atoms with Crippen LogP contribution in [-0.4, -0.2) is 36.2 Å². The standard InChI is InChI=1S/C19H23N3O3S2/c1-13-9-10-15-17(12-13)26-19(20-15)21-18(23)16-8-5-11-22(16)27(24,25)14-6-3-2-4-7-14/h2-4,6-7,13,16H,5,8-12H2,1H3,(H,20,21,23)/t13-,16+/m1/s1. The molecule has 1 aliphatic carbocycles. The molecule has 1 aromatic carbocycles. The molecule has 144 valence electrons. The van der Waals surface area contributed by atoms with Gasteiger partial charge in [0.2, 0.25) is 15.9 Å². The highest BCUT2D eigenvalue weighted by atomic mass is 32.2. The maximum absolute atomic E-state index is 12.9. The lowest BCUT2D eigenvalue weighted by atomic mass is 9.93. The van der Waals surface area contributed by atoms with Gasteiger partial charge in [-0.25, -0.2) is 13.4 Å². The molecule has 0 unspecified atom stereocenters. The van der Waals surface area contributed by atoms with Crippen LogP contribution in [0.4, 0.5) is 5.13 Å². The van der Waals surface area contributed by atoms with Crippen LogP contribution in [-0.2, 0) is 27.7 Å². The van der Waals surface area contributed by atoms with Crippen LogP contribution in [0.3, 0.4) is 0 Å². The highest BCUT2D eigenvalue weighted by Crippen LogP contribution is 2.33. The smallest absolute Gasteiger partial charge is 0.244 e. The molecule has 0 saturated carbocycles. The first-order valence-electron chi connectivity index (χ1n) is 9.31. The van der Waals surface area contributed by atoms with E-state index < -0.39 is 16.1 Å². The second-order valence-electron chi connectivity index (χ2n) is 7.31. The fourth-order valence-electron chi connectivity index (χ4n) is 3.80. The van der Waals surface area contributed by atoms with E-state index in [9.17, 15) is 13.2 Å². The summed E-state index contributed by atoms with van der Waals surface area (Å²) in [6, 6.07) is 7.61. The number of hydrogen-bond donors (Lipinski definition) is 1. The summed E-state index contributed by atoms with van der Waals surface area (Å²) in [6.07, 6.45) is 4.27. The van der Waals surface area contributed by atoms with Crippen molar-refractivity contribution in [2.45, 2.75) is 50.0 Å². The van der Waals surface area contributed by atoms with Crippen LogP contribution in [0.1, 0.15) is 36.8 Å². The fraction of sp³-hybridized carbons (Fsp3) is 0.474. The highest BCUT2D eigenvalue weighted by molar-refractivity contribution is 7.89. The average molecular weight is 406 g/mol. The summed E-state index contributed by atoms with van der Waals surface area (Å²) in [5, 5.41) is 3.46. The Labute approximate surface area is 163 Å². The molecule has 1 saturated heterocycles. The van der Waals surface area contributed by atoms with Crippen molar-refractivity contribution in [1.82, 2.24) is 9.29 Å². The molecule has 4 rings (SSSR count). The molecule has 1 aromatic heterocycles. The third-order valence-corrected chi connectivity index (χ3v) is 8.23. The van der Waals surface area contributed by atoms with Gasteiger partial charge in [0.05, 0.1) is 10.6 Å². The minimum atomic E-state index is -3.68. The second kappa shape index (κ2) is 7.33. The molecule has 27 heavy (non-hydrogen) atoms. The lowest BCUT2D eigenvalue weighted by Crippen LogP contribution is -2.43. The number of aromatic nitrogens is 1. The lowest BCUT2D eigenvalue weighted by Gasteiger charge is -2.23. The van der Waals surface area contributed by atoms with Gasteiger partial charge in [0.15, 0.2) is 5.13 Å². The molecule has 2 aliphatic rings. The van der Waals surface area contributed by atoms with Crippen molar-refractivity contribution >= 4 is 32.4 Å². The second-order valence-corrected chi connectivity index (χ2v) is 10.3. The first-order chi connectivity index (χ1) is 12.9. The van der Waals surface area contributed by atoms with E-state index in [2.05, 4.69) is 17.2 Å². The molecule has 1 N–H and O–H groups in total. The summed E-state index contributed by atoms with van der Waals surface area (Å²) < 4.78 is 27.2. The SMILES string of the molecule is C[C@@H]1CCc2nc(NC(=O)[C@@H]3CCCN3S(=O)(=O)c3ccccc3)sc2C1. The predicted octanol–water partition coefficient (Wildman–Crippen LogP) is 3.06. The van der Waals surface area contributed by atoms with Gasteiger partial charge in [-0.1, -0.05) is 25.1 Å². The highest BCUT2D eigenvalue weighted by Gasteiger charge is 2.39. The van der Waals surface area contributed by atoms with Gasteiger partial charge in [-0.3, -0.25) is 4.79 Å². The van der Waals surface area contributed by atoms with Crippen molar-refractivity contribution < 1.29 is 13.2 Å². The molecule has 0 radical (unpaired) electrons. The Morgan fingerprint density at radius 3 is 2.81 bits per heavy atom. The molecule has 2 atom stereocenters. The summed E-state index contributed by atoms with van der Waals surface area (Å²) in [5.41, 5.74) is 1.08. The maximum atomic E-state index is 12.9. The van der Waals surface area contributed by atoms with Crippen LogP contribution in [0, 0.1) is 5.92 Å². The molecule has 2 aromatic rings. The maximum Gasteiger partial charge on any atom is 0.244 e. The molecule has 2 heterocycles. The number of carbonyl (C=O) groups is 1. The molecule has 1 aliphatic heterocycles. The normalized spacial score (nSPS) is 23.1. The van der Waals surface area contributed by atoms with E-state index in [4.69, 9.17) is 0 Å². The topological polar surface area (TPSA) is 79.4 Å². The molecule has 1 amide bonds. The van der Waals surface area contributed by atoms with Crippen molar-refractivity contribution in [2.75, 3.05) is 11.9 Å². The predicted molar refractivity (Wildman–Crippen MR) is 105 cm³/mol. The van der Waals surface area contributed by atoms with Crippen LogP contribution in [0.5, 0.6) is 0 Å². The van der Waals surface area contributed by atoms with Gasteiger partial charge in [0.1, 0.15) is 6.04 Å². The van der Waals surface area contributed by atoms with E-state index in [0.717, 1.165) is 25.0 Å². The number of benzene rings is 1. The van der Waals surface area contributed by atoms with Gasteiger partial charge in [0, 0.05) is 11.4 Å². The summed E-state index contributed by atoms with van der Waals surface area (Å²) in [7, 11) is -3.68. The number of sulfonamides is 1. The Morgan fingerprint density at radius 2 is 2.04 bits per heavy atom. The minimum absolute atomic E-state index is 0.225. The summed E-state index contributed by atoms with van der Waals surface area (Å²) in [5.74, 6) is 0.356. The van der Waals surface area contributed by atoms with Gasteiger partial charge >= 0.3 is 0 Å². The van der Waals surface area contributed by atoms with Crippen LogP contribution >= 0.6 is 11.3 Å².